The van der Waals surface area contributed by atoms with E-state index < -0.39 is 23.3 Å². The lowest BCUT2D eigenvalue weighted by molar-refractivity contribution is -0.138. The number of phenolic OH excluding ortho intramolecular Hbond substituents is 1. The van der Waals surface area contributed by atoms with Crippen molar-refractivity contribution in [3.63, 3.8) is 0 Å². The SMILES string of the molecule is CCCCCc1ccc(-c2ccc(-c3ccc(C(=O)CC)c(O)c3C(F)(F)F)cc2)cc1. The smallest absolute Gasteiger partial charge is 0.420 e. The van der Waals surface area contributed by atoms with Crippen LogP contribution in [0.15, 0.2) is 60.7 Å². The quantitative estimate of drug-likeness (QED) is 0.284. The van der Waals surface area contributed by atoms with Crippen LogP contribution in [0.2, 0.25) is 0 Å². The molecule has 0 aliphatic rings. The number of carbonyl (C=O) groups is 1. The van der Waals surface area contributed by atoms with Crippen LogP contribution in [0.5, 0.6) is 5.75 Å². The molecule has 1 N–H and O–H groups in total. The fraction of sp³-hybridized carbons (Fsp3) is 0.296. The van der Waals surface area contributed by atoms with Gasteiger partial charge in [-0.05, 0) is 46.7 Å². The monoisotopic (exact) mass is 440 g/mol. The van der Waals surface area contributed by atoms with Gasteiger partial charge in [-0.2, -0.15) is 13.2 Å². The Morgan fingerprint density at radius 2 is 1.38 bits per heavy atom. The first-order valence-electron chi connectivity index (χ1n) is 10.9. The van der Waals surface area contributed by atoms with Crippen molar-refractivity contribution in [1.29, 1.82) is 0 Å². The van der Waals surface area contributed by atoms with Crippen LogP contribution in [0.3, 0.4) is 0 Å². The lowest BCUT2D eigenvalue weighted by atomic mass is 9.92. The van der Waals surface area contributed by atoms with Crippen LogP contribution in [0.4, 0.5) is 13.2 Å². The van der Waals surface area contributed by atoms with E-state index in [1.165, 1.54) is 30.5 Å². The second kappa shape index (κ2) is 10.0. The number of phenols is 1. The molecule has 3 aromatic carbocycles. The highest BCUT2D eigenvalue weighted by molar-refractivity contribution is 5.99. The number of carbonyl (C=O) groups excluding carboxylic acids is 1. The molecule has 0 fully saturated rings. The predicted octanol–water partition coefficient (Wildman–Crippen LogP) is 8.07. The summed E-state index contributed by atoms with van der Waals surface area (Å²) in [5.74, 6) is -1.54. The summed E-state index contributed by atoms with van der Waals surface area (Å²) in [5.41, 5.74) is 1.83. The van der Waals surface area contributed by atoms with Crippen molar-refractivity contribution in [3.05, 3.63) is 77.4 Å². The first kappa shape index (κ1) is 23.6. The van der Waals surface area contributed by atoms with Gasteiger partial charge in [0.05, 0.1) is 5.56 Å². The Labute approximate surface area is 186 Å². The van der Waals surface area contributed by atoms with Crippen LogP contribution in [-0.2, 0) is 12.6 Å². The largest absolute Gasteiger partial charge is 0.507 e. The van der Waals surface area contributed by atoms with Gasteiger partial charge in [0.25, 0.3) is 0 Å². The van der Waals surface area contributed by atoms with Gasteiger partial charge in [0.2, 0.25) is 0 Å². The van der Waals surface area contributed by atoms with Gasteiger partial charge in [-0.1, -0.05) is 81.3 Å². The van der Waals surface area contributed by atoms with Gasteiger partial charge >= 0.3 is 6.18 Å². The van der Waals surface area contributed by atoms with Crippen LogP contribution in [0.25, 0.3) is 22.3 Å². The summed E-state index contributed by atoms with van der Waals surface area (Å²) in [6.07, 6.45) is -0.219. The van der Waals surface area contributed by atoms with Crippen molar-refractivity contribution in [2.45, 2.75) is 52.1 Å². The molecule has 0 atom stereocenters. The molecule has 0 amide bonds. The number of benzene rings is 3. The third-order valence-electron chi connectivity index (χ3n) is 5.64. The standard InChI is InChI=1S/C27H27F3O2/c1-3-5-6-7-18-8-10-19(11-9-18)20-12-14-21(15-13-20)22-16-17-23(24(31)4-2)26(32)25(22)27(28,29)30/h8-17,32H,3-7H2,1-2H3. The summed E-state index contributed by atoms with van der Waals surface area (Å²) in [6.45, 7) is 3.71. The molecule has 0 aromatic heterocycles. The molecule has 0 unspecified atom stereocenters. The molecule has 3 aromatic rings. The number of unbranched alkanes of at least 4 members (excludes halogenated alkanes) is 2. The van der Waals surface area contributed by atoms with Gasteiger partial charge in [0.1, 0.15) is 11.3 Å². The highest BCUT2D eigenvalue weighted by Crippen LogP contribution is 2.44. The highest BCUT2D eigenvalue weighted by Gasteiger charge is 2.38. The average Bonchev–Trinajstić information content (AvgIpc) is 2.78. The second-order valence-corrected chi connectivity index (χ2v) is 7.89. The third kappa shape index (κ3) is 5.21. The van der Waals surface area contributed by atoms with E-state index in [9.17, 15) is 23.1 Å². The number of rotatable bonds is 8. The molecular weight excluding hydrogens is 413 g/mol. The van der Waals surface area contributed by atoms with E-state index in [1.807, 2.05) is 12.1 Å². The van der Waals surface area contributed by atoms with Crippen molar-refractivity contribution < 1.29 is 23.1 Å². The zero-order chi connectivity index (χ0) is 23.3. The Morgan fingerprint density at radius 3 is 1.91 bits per heavy atom. The predicted molar refractivity (Wildman–Crippen MR) is 122 cm³/mol. The maximum atomic E-state index is 13.8. The van der Waals surface area contributed by atoms with Gasteiger partial charge in [-0.25, -0.2) is 0 Å². The van der Waals surface area contributed by atoms with Crippen LogP contribution in [0.1, 0.15) is 61.0 Å². The minimum Gasteiger partial charge on any atom is -0.507 e. The molecule has 0 saturated carbocycles. The number of halogens is 3. The molecule has 0 aliphatic carbocycles. The van der Waals surface area contributed by atoms with Crippen LogP contribution < -0.4 is 0 Å². The van der Waals surface area contributed by atoms with Crippen molar-refractivity contribution in [2.24, 2.45) is 0 Å². The Balaban J connectivity index is 1.92. The fourth-order valence-corrected chi connectivity index (χ4v) is 3.82. The number of hydrogen-bond acceptors (Lipinski definition) is 2. The summed E-state index contributed by atoms with van der Waals surface area (Å²) in [4.78, 5) is 11.9. The van der Waals surface area contributed by atoms with Crippen molar-refractivity contribution in [2.75, 3.05) is 0 Å². The Kier molecular flexibility index (Phi) is 7.39. The van der Waals surface area contributed by atoms with E-state index in [0.29, 0.717) is 5.56 Å². The van der Waals surface area contributed by atoms with E-state index in [4.69, 9.17) is 0 Å². The maximum Gasteiger partial charge on any atom is 0.420 e. The molecule has 5 heteroatoms. The zero-order valence-electron chi connectivity index (χ0n) is 18.3. The van der Waals surface area contributed by atoms with Gasteiger partial charge in [0.15, 0.2) is 5.78 Å². The summed E-state index contributed by atoms with van der Waals surface area (Å²) in [5, 5.41) is 10.3. The lowest BCUT2D eigenvalue weighted by Crippen LogP contribution is -2.10. The summed E-state index contributed by atoms with van der Waals surface area (Å²) < 4.78 is 41.3. The van der Waals surface area contributed by atoms with Gasteiger partial charge in [0, 0.05) is 6.42 Å². The molecule has 0 heterocycles. The van der Waals surface area contributed by atoms with Gasteiger partial charge in [-0.15, -0.1) is 0 Å². The topological polar surface area (TPSA) is 37.3 Å². The van der Waals surface area contributed by atoms with Crippen LogP contribution in [0, 0.1) is 0 Å². The zero-order valence-corrected chi connectivity index (χ0v) is 18.3. The van der Waals surface area contributed by atoms with Crippen molar-refractivity contribution in [1.82, 2.24) is 0 Å². The maximum absolute atomic E-state index is 13.8. The molecule has 0 aliphatic heterocycles. The number of aryl methyl sites for hydroxylation is 1. The van der Waals surface area contributed by atoms with E-state index in [2.05, 4.69) is 19.1 Å². The molecule has 0 saturated heterocycles. The molecule has 0 spiro atoms. The first-order chi connectivity index (χ1) is 15.3. The Bertz CT molecular complexity index is 1070. The Hall–Kier alpha value is -3.08. The van der Waals surface area contributed by atoms with E-state index >= 15 is 0 Å². The average molecular weight is 441 g/mol. The van der Waals surface area contributed by atoms with Crippen molar-refractivity contribution in [3.8, 4) is 28.0 Å². The van der Waals surface area contributed by atoms with Crippen LogP contribution >= 0.6 is 0 Å². The molecule has 0 bridgehead atoms. The molecule has 3 rings (SSSR count). The molecule has 2 nitrogen and oxygen atoms in total. The minimum absolute atomic E-state index is 0.0102. The summed E-state index contributed by atoms with van der Waals surface area (Å²) >= 11 is 0. The van der Waals surface area contributed by atoms with Crippen LogP contribution in [-0.4, -0.2) is 10.9 Å². The third-order valence-corrected chi connectivity index (χ3v) is 5.64. The molecule has 32 heavy (non-hydrogen) atoms. The van der Waals surface area contributed by atoms with Gasteiger partial charge < -0.3 is 5.11 Å². The number of ketones is 1. The number of Topliss-reactive ketones (excluding diaryl/α,β-unsaturated/α-hetero) is 1. The lowest BCUT2D eigenvalue weighted by Gasteiger charge is -2.17. The molecule has 0 radical (unpaired) electrons. The van der Waals surface area contributed by atoms with E-state index in [0.717, 1.165) is 24.0 Å². The number of aromatic hydroxyl groups is 1. The van der Waals surface area contributed by atoms with Gasteiger partial charge in [-0.3, -0.25) is 4.79 Å². The summed E-state index contributed by atoms with van der Waals surface area (Å²) in [7, 11) is 0. The normalized spacial score (nSPS) is 11.5. The first-order valence-corrected chi connectivity index (χ1v) is 10.9. The van der Waals surface area contributed by atoms with E-state index in [-0.39, 0.29) is 17.5 Å². The summed E-state index contributed by atoms with van der Waals surface area (Å²) in [6, 6.07) is 17.5. The number of alkyl halides is 3. The van der Waals surface area contributed by atoms with E-state index in [1.54, 1.807) is 31.2 Å². The Morgan fingerprint density at radius 1 is 0.812 bits per heavy atom. The molecule has 168 valence electrons. The number of hydrogen-bond donors (Lipinski definition) is 1. The fourth-order valence-electron chi connectivity index (χ4n) is 3.82. The molecular formula is C27H27F3O2. The minimum atomic E-state index is -4.80. The second-order valence-electron chi connectivity index (χ2n) is 7.89. The highest BCUT2D eigenvalue weighted by atomic mass is 19.4. The van der Waals surface area contributed by atoms with Crippen molar-refractivity contribution >= 4 is 5.78 Å².